The van der Waals surface area contributed by atoms with Gasteiger partial charge in [0.2, 0.25) is 0 Å². The van der Waals surface area contributed by atoms with Crippen molar-refractivity contribution >= 4 is 11.9 Å². The molecule has 0 radical (unpaired) electrons. The number of hydrogen-bond acceptors (Lipinski definition) is 4. The van der Waals surface area contributed by atoms with E-state index in [0.717, 1.165) is 22.6 Å². The van der Waals surface area contributed by atoms with Gasteiger partial charge in [-0.05, 0) is 60.2 Å². The van der Waals surface area contributed by atoms with Gasteiger partial charge < -0.3 is 14.6 Å². The zero-order valence-corrected chi connectivity index (χ0v) is 15.0. The van der Waals surface area contributed by atoms with Gasteiger partial charge in [0.25, 0.3) is 0 Å². The molecule has 0 aliphatic heterocycles. The number of phenolic OH excluding ortho intramolecular Hbond substituents is 1. The molecule has 1 N–H and O–H groups in total. The molecule has 136 valence electrons. The van der Waals surface area contributed by atoms with E-state index in [-0.39, 0.29) is 11.5 Å². The Bertz CT molecular complexity index is 928. The first-order valence-corrected chi connectivity index (χ1v) is 8.52. The summed E-state index contributed by atoms with van der Waals surface area (Å²) < 4.78 is 11.2. The molecular weight excluding hydrogens is 340 g/mol. The van der Waals surface area contributed by atoms with Gasteiger partial charge in [0.05, 0.1) is 7.11 Å². The number of hydrogen-bond donors (Lipinski definition) is 1. The van der Waals surface area contributed by atoms with E-state index < -0.39 is 0 Å². The van der Waals surface area contributed by atoms with E-state index in [1.165, 1.54) is 18.2 Å². The summed E-state index contributed by atoms with van der Waals surface area (Å²) in [5.41, 5.74) is 2.28. The lowest BCUT2D eigenvalue weighted by Gasteiger charge is -2.11. The Morgan fingerprint density at radius 1 is 1.00 bits per heavy atom. The average molecular weight is 360 g/mol. The van der Waals surface area contributed by atoms with Crippen LogP contribution < -0.4 is 9.47 Å². The van der Waals surface area contributed by atoms with E-state index in [9.17, 15) is 9.90 Å². The largest absolute Gasteiger partial charge is 0.508 e. The van der Waals surface area contributed by atoms with E-state index in [4.69, 9.17) is 9.47 Å². The van der Waals surface area contributed by atoms with Crippen molar-refractivity contribution in [1.82, 2.24) is 0 Å². The maximum Gasteiger partial charge on any atom is 0.185 e. The molecule has 0 aromatic heterocycles. The molecule has 0 unspecified atom stereocenters. The molecule has 4 nitrogen and oxygen atoms in total. The highest BCUT2D eigenvalue weighted by atomic mass is 16.5. The van der Waals surface area contributed by atoms with Crippen molar-refractivity contribution in [2.45, 2.75) is 6.61 Å². The Balaban J connectivity index is 1.73. The van der Waals surface area contributed by atoms with Crippen LogP contribution >= 0.6 is 0 Å². The predicted octanol–water partition coefficient (Wildman–Crippen LogP) is 4.88. The summed E-state index contributed by atoms with van der Waals surface area (Å²) in [6.07, 6.45) is 3.26. The highest BCUT2D eigenvalue weighted by Gasteiger charge is 2.06. The predicted molar refractivity (Wildman–Crippen MR) is 105 cm³/mol. The fourth-order valence-electron chi connectivity index (χ4n) is 2.59. The van der Waals surface area contributed by atoms with Gasteiger partial charge in [-0.2, -0.15) is 0 Å². The average Bonchev–Trinajstić information content (AvgIpc) is 2.71. The van der Waals surface area contributed by atoms with Crippen molar-refractivity contribution < 1.29 is 19.4 Å². The van der Waals surface area contributed by atoms with Crippen molar-refractivity contribution in [1.29, 1.82) is 0 Å². The molecular formula is C23H20O4. The fraction of sp³-hybridized carbons (Fsp3) is 0.0870. The molecule has 0 fully saturated rings. The minimum Gasteiger partial charge on any atom is -0.508 e. The van der Waals surface area contributed by atoms with E-state index in [2.05, 4.69) is 0 Å². The molecule has 3 rings (SSSR count). The number of ether oxygens (including phenoxy) is 2. The maximum atomic E-state index is 12.2. The molecule has 0 spiro atoms. The van der Waals surface area contributed by atoms with Crippen molar-refractivity contribution in [3.8, 4) is 17.2 Å². The molecule has 0 bridgehead atoms. The number of phenols is 1. The number of ketones is 1. The summed E-state index contributed by atoms with van der Waals surface area (Å²) in [6, 6.07) is 21.4. The quantitative estimate of drug-likeness (QED) is 0.482. The minimum atomic E-state index is -0.132. The first-order valence-electron chi connectivity index (χ1n) is 8.52. The first-order chi connectivity index (χ1) is 13.2. The van der Waals surface area contributed by atoms with Gasteiger partial charge in [-0.3, -0.25) is 4.79 Å². The second-order valence-electron chi connectivity index (χ2n) is 5.92. The number of para-hydroxylation sites is 1. The lowest BCUT2D eigenvalue weighted by molar-refractivity contribution is 0.104. The maximum absolute atomic E-state index is 12.2. The van der Waals surface area contributed by atoms with Crippen LogP contribution in [0, 0.1) is 0 Å². The number of benzene rings is 3. The van der Waals surface area contributed by atoms with Crippen molar-refractivity contribution in [3.05, 3.63) is 95.6 Å². The molecule has 0 atom stereocenters. The number of carbonyl (C=O) groups excluding carboxylic acids is 1. The Labute approximate surface area is 158 Å². The van der Waals surface area contributed by atoms with Crippen LogP contribution in [0.1, 0.15) is 21.5 Å². The normalized spacial score (nSPS) is 10.7. The van der Waals surface area contributed by atoms with Crippen LogP contribution in [0.3, 0.4) is 0 Å². The van der Waals surface area contributed by atoms with Gasteiger partial charge in [0, 0.05) is 11.1 Å². The number of rotatable bonds is 7. The lowest BCUT2D eigenvalue weighted by Crippen LogP contribution is -1.99. The van der Waals surface area contributed by atoms with Crippen molar-refractivity contribution in [2.24, 2.45) is 0 Å². The second kappa shape index (κ2) is 8.72. The minimum absolute atomic E-state index is 0.132. The molecule has 0 aliphatic carbocycles. The van der Waals surface area contributed by atoms with Gasteiger partial charge >= 0.3 is 0 Å². The first kappa shape index (κ1) is 18.3. The van der Waals surface area contributed by atoms with Crippen molar-refractivity contribution in [3.63, 3.8) is 0 Å². The third-order valence-corrected chi connectivity index (χ3v) is 4.02. The van der Waals surface area contributed by atoms with Crippen LogP contribution in [0.5, 0.6) is 17.2 Å². The zero-order valence-electron chi connectivity index (χ0n) is 15.0. The van der Waals surface area contributed by atoms with Crippen LogP contribution in [0.15, 0.2) is 78.9 Å². The van der Waals surface area contributed by atoms with E-state index in [1.807, 2.05) is 48.5 Å². The molecule has 0 saturated heterocycles. The van der Waals surface area contributed by atoms with Crippen LogP contribution in [0.4, 0.5) is 0 Å². The zero-order chi connectivity index (χ0) is 19.1. The summed E-state index contributed by atoms with van der Waals surface area (Å²) >= 11 is 0. The summed E-state index contributed by atoms with van der Waals surface area (Å²) in [4.78, 5) is 12.2. The SMILES string of the molecule is COc1ccc(/C=C/C(=O)c2ccc(O)cc2)cc1COc1ccccc1. The highest BCUT2D eigenvalue weighted by molar-refractivity contribution is 6.06. The standard InChI is InChI=1S/C23H20O4/c1-26-23-14-8-17(7-13-22(25)18-9-11-20(24)12-10-18)15-19(23)16-27-21-5-3-2-4-6-21/h2-15,24H,16H2,1H3/b13-7+. The molecule has 0 aliphatic rings. The van der Waals surface area contributed by atoms with E-state index >= 15 is 0 Å². The van der Waals surface area contributed by atoms with Gasteiger partial charge in [-0.15, -0.1) is 0 Å². The third-order valence-electron chi connectivity index (χ3n) is 4.02. The Morgan fingerprint density at radius 3 is 2.44 bits per heavy atom. The van der Waals surface area contributed by atoms with E-state index in [1.54, 1.807) is 25.3 Å². The number of carbonyl (C=O) groups is 1. The van der Waals surface area contributed by atoms with Crippen LogP contribution in [0.25, 0.3) is 6.08 Å². The Kier molecular flexibility index (Phi) is 5.90. The monoisotopic (exact) mass is 360 g/mol. The third kappa shape index (κ3) is 4.98. The van der Waals surface area contributed by atoms with Gasteiger partial charge in [-0.25, -0.2) is 0 Å². The Hall–Kier alpha value is -3.53. The van der Waals surface area contributed by atoms with Crippen LogP contribution in [0.2, 0.25) is 0 Å². The molecule has 0 amide bonds. The van der Waals surface area contributed by atoms with Gasteiger partial charge in [0.15, 0.2) is 5.78 Å². The molecule has 27 heavy (non-hydrogen) atoms. The summed E-state index contributed by atoms with van der Waals surface area (Å²) in [5, 5.41) is 9.31. The topological polar surface area (TPSA) is 55.8 Å². The molecule has 0 saturated carbocycles. The van der Waals surface area contributed by atoms with Gasteiger partial charge in [0.1, 0.15) is 23.9 Å². The summed E-state index contributed by atoms with van der Waals surface area (Å²) in [7, 11) is 1.62. The number of aromatic hydroxyl groups is 1. The highest BCUT2D eigenvalue weighted by Crippen LogP contribution is 2.23. The number of allylic oxidation sites excluding steroid dienone is 1. The Morgan fingerprint density at radius 2 is 1.74 bits per heavy atom. The molecule has 0 heterocycles. The van der Waals surface area contributed by atoms with Gasteiger partial charge in [-0.1, -0.05) is 30.3 Å². The van der Waals surface area contributed by atoms with Crippen LogP contribution in [-0.4, -0.2) is 18.0 Å². The molecule has 3 aromatic carbocycles. The van der Waals surface area contributed by atoms with Crippen molar-refractivity contribution in [2.75, 3.05) is 7.11 Å². The summed E-state index contributed by atoms with van der Waals surface area (Å²) in [6.45, 7) is 0.362. The molecule has 4 heteroatoms. The second-order valence-corrected chi connectivity index (χ2v) is 5.92. The summed E-state index contributed by atoms with van der Waals surface area (Å²) in [5.74, 6) is 1.51. The fourth-order valence-corrected chi connectivity index (χ4v) is 2.59. The van der Waals surface area contributed by atoms with E-state index in [0.29, 0.717) is 12.2 Å². The van der Waals surface area contributed by atoms with Crippen LogP contribution in [-0.2, 0) is 6.61 Å². The number of methoxy groups -OCH3 is 1. The lowest BCUT2D eigenvalue weighted by atomic mass is 10.1. The smallest absolute Gasteiger partial charge is 0.185 e. The molecule has 3 aromatic rings.